The summed E-state index contributed by atoms with van der Waals surface area (Å²) in [6.45, 7) is 13.7. The van der Waals surface area contributed by atoms with E-state index in [1.165, 1.54) is 44.9 Å². The third-order valence-electron chi connectivity index (χ3n) is 11.2. The Morgan fingerprint density at radius 3 is 2.50 bits per heavy atom. The number of fused-ring (bicyclic) bond motifs is 5. The van der Waals surface area contributed by atoms with Gasteiger partial charge in [-0.1, -0.05) is 65.5 Å². The van der Waals surface area contributed by atoms with Crippen LogP contribution >= 0.6 is 0 Å². The zero-order chi connectivity index (χ0) is 24.7. The van der Waals surface area contributed by atoms with E-state index in [9.17, 15) is 10.2 Å². The van der Waals surface area contributed by atoms with E-state index >= 15 is 0 Å². The van der Waals surface area contributed by atoms with Crippen LogP contribution in [0.15, 0.2) is 11.6 Å². The minimum Gasteiger partial charge on any atom is -0.393 e. The van der Waals surface area contributed by atoms with Gasteiger partial charge >= 0.3 is 0 Å². The van der Waals surface area contributed by atoms with Gasteiger partial charge in [0.1, 0.15) is 0 Å². The van der Waals surface area contributed by atoms with Crippen molar-refractivity contribution in [2.24, 2.45) is 46.2 Å². The molecule has 0 bridgehead atoms. The summed E-state index contributed by atoms with van der Waals surface area (Å²) in [7, 11) is 0. The third-order valence-corrected chi connectivity index (χ3v) is 11.2. The Balaban J connectivity index is 1.61. The first-order chi connectivity index (χ1) is 16.1. The second kappa shape index (κ2) is 10.1. The molecule has 0 aromatic carbocycles. The highest BCUT2D eigenvalue weighted by molar-refractivity contribution is 5.34. The minimum atomic E-state index is -0.886. The number of hydrogen-bond acceptors (Lipinski definition) is 4. The van der Waals surface area contributed by atoms with Crippen LogP contribution in [-0.4, -0.2) is 41.0 Å². The molecule has 0 aromatic heterocycles. The topological polar surface area (TPSA) is 78.5 Å². The van der Waals surface area contributed by atoms with E-state index in [1.807, 2.05) is 0 Å². The molecule has 4 aliphatic rings. The molecule has 0 aliphatic heterocycles. The van der Waals surface area contributed by atoms with Gasteiger partial charge in [-0.25, -0.2) is 0 Å². The third kappa shape index (κ3) is 4.44. The zero-order valence-electron chi connectivity index (χ0n) is 22.8. The van der Waals surface area contributed by atoms with Gasteiger partial charge in [-0.2, -0.15) is 0 Å². The summed E-state index contributed by atoms with van der Waals surface area (Å²) in [5, 5.41) is 26.5. The SMILES string of the molecule is CC(C)CCC[C@@H](C)[C@H]1CC[C@H]2C3=CC(NCCCN)[C@@]4(O)CC(O)CC[C@]4(C)[C@H]3CC[C@]12C. The van der Waals surface area contributed by atoms with E-state index in [-0.39, 0.29) is 11.5 Å². The summed E-state index contributed by atoms with van der Waals surface area (Å²) in [4.78, 5) is 0. The molecule has 196 valence electrons. The molecule has 4 nitrogen and oxygen atoms in total. The van der Waals surface area contributed by atoms with E-state index in [4.69, 9.17) is 5.73 Å². The van der Waals surface area contributed by atoms with Gasteiger partial charge in [0, 0.05) is 11.8 Å². The molecule has 0 spiro atoms. The van der Waals surface area contributed by atoms with Gasteiger partial charge in [-0.15, -0.1) is 0 Å². The van der Waals surface area contributed by atoms with Crippen LogP contribution in [0, 0.1) is 40.4 Å². The van der Waals surface area contributed by atoms with Crippen molar-refractivity contribution in [3.63, 3.8) is 0 Å². The standard InChI is InChI=1S/C30H54N2O2/c1-20(2)8-6-9-21(3)24-10-11-25-23-18-27(32-17-7-16-31)30(34)19-22(33)12-15-29(30,5)26(23)13-14-28(24,25)4/h18,20-22,24-27,32-34H,6-17,19,31H2,1-5H3/t21-,22?,24-,25+,26+,27?,28-,29-,30+/m1/s1. The maximum Gasteiger partial charge on any atom is 0.0919 e. The van der Waals surface area contributed by atoms with E-state index in [0.717, 1.165) is 43.6 Å². The average Bonchev–Trinajstić information content (AvgIpc) is 3.12. The molecule has 0 saturated heterocycles. The minimum absolute atomic E-state index is 0.0879. The number of hydrogen-bond donors (Lipinski definition) is 4. The molecule has 4 heteroatoms. The Morgan fingerprint density at radius 2 is 1.79 bits per heavy atom. The summed E-state index contributed by atoms with van der Waals surface area (Å²) in [5.74, 6) is 3.52. The van der Waals surface area contributed by atoms with Crippen molar-refractivity contribution in [1.82, 2.24) is 5.32 Å². The van der Waals surface area contributed by atoms with Crippen LogP contribution < -0.4 is 11.1 Å². The van der Waals surface area contributed by atoms with Crippen molar-refractivity contribution in [3.8, 4) is 0 Å². The van der Waals surface area contributed by atoms with Gasteiger partial charge in [0.25, 0.3) is 0 Å². The maximum absolute atomic E-state index is 12.2. The number of nitrogens with one attached hydrogen (secondary N) is 1. The Kier molecular flexibility index (Phi) is 7.95. The lowest BCUT2D eigenvalue weighted by molar-refractivity contribution is -0.181. The van der Waals surface area contributed by atoms with E-state index in [0.29, 0.717) is 30.2 Å². The van der Waals surface area contributed by atoms with Gasteiger partial charge < -0.3 is 21.3 Å². The Labute approximate surface area is 209 Å². The fraction of sp³-hybridized carbons (Fsp3) is 0.933. The average molecular weight is 475 g/mol. The lowest BCUT2D eigenvalue weighted by Crippen LogP contribution is -2.68. The molecule has 0 radical (unpaired) electrons. The second-order valence-corrected chi connectivity index (χ2v) is 13.6. The number of aliphatic hydroxyl groups is 2. The van der Waals surface area contributed by atoms with Crippen LogP contribution in [0.1, 0.15) is 105 Å². The molecule has 3 fully saturated rings. The first-order valence-electron chi connectivity index (χ1n) is 14.6. The molecule has 4 aliphatic carbocycles. The number of aliphatic hydroxyl groups excluding tert-OH is 1. The van der Waals surface area contributed by atoms with Crippen LogP contribution in [0.2, 0.25) is 0 Å². The summed E-state index contributed by atoms with van der Waals surface area (Å²) in [5.41, 5.74) is 6.78. The summed E-state index contributed by atoms with van der Waals surface area (Å²) in [6.07, 6.45) is 14.4. The van der Waals surface area contributed by atoms with Crippen molar-refractivity contribution in [1.29, 1.82) is 0 Å². The predicted molar refractivity (Wildman–Crippen MR) is 141 cm³/mol. The van der Waals surface area contributed by atoms with Crippen LogP contribution in [0.3, 0.4) is 0 Å². The molecule has 4 rings (SSSR count). The van der Waals surface area contributed by atoms with Crippen molar-refractivity contribution in [2.45, 2.75) is 123 Å². The molecule has 9 atom stereocenters. The van der Waals surface area contributed by atoms with Gasteiger partial charge in [0.2, 0.25) is 0 Å². The van der Waals surface area contributed by atoms with Gasteiger partial charge in [-0.05, 0) is 93.0 Å². The molecule has 0 amide bonds. The van der Waals surface area contributed by atoms with Crippen molar-refractivity contribution in [3.05, 3.63) is 11.6 Å². The lowest BCUT2D eigenvalue weighted by atomic mass is 9.45. The normalized spacial score (nSPS) is 44.9. The summed E-state index contributed by atoms with van der Waals surface area (Å²) < 4.78 is 0. The second-order valence-electron chi connectivity index (χ2n) is 13.6. The monoisotopic (exact) mass is 474 g/mol. The molecule has 0 aromatic rings. The van der Waals surface area contributed by atoms with Gasteiger partial charge in [0.05, 0.1) is 17.7 Å². The largest absolute Gasteiger partial charge is 0.393 e. The maximum atomic E-state index is 12.2. The molecule has 2 unspecified atom stereocenters. The van der Waals surface area contributed by atoms with E-state index in [2.05, 4.69) is 46.0 Å². The number of nitrogens with two attached hydrogens (primary N) is 1. The van der Waals surface area contributed by atoms with Crippen LogP contribution in [0.25, 0.3) is 0 Å². The highest BCUT2D eigenvalue weighted by Crippen LogP contribution is 2.67. The molecule has 34 heavy (non-hydrogen) atoms. The van der Waals surface area contributed by atoms with Gasteiger partial charge in [-0.3, -0.25) is 0 Å². The Hall–Kier alpha value is -0.420. The highest BCUT2D eigenvalue weighted by atomic mass is 16.3. The Morgan fingerprint density at radius 1 is 1.03 bits per heavy atom. The van der Waals surface area contributed by atoms with E-state index in [1.54, 1.807) is 5.57 Å². The fourth-order valence-electron chi connectivity index (χ4n) is 9.19. The Bertz CT molecular complexity index is 737. The molecule has 5 N–H and O–H groups in total. The quantitative estimate of drug-likeness (QED) is 0.266. The summed E-state index contributed by atoms with van der Waals surface area (Å²) >= 11 is 0. The molecule has 3 saturated carbocycles. The molecular weight excluding hydrogens is 420 g/mol. The van der Waals surface area contributed by atoms with Gasteiger partial charge in [0.15, 0.2) is 0 Å². The van der Waals surface area contributed by atoms with Crippen LogP contribution in [-0.2, 0) is 0 Å². The van der Waals surface area contributed by atoms with Crippen LogP contribution in [0.4, 0.5) is 0 Å². The lowest BCUT2D eigenvalue weighted by Gasteiger charge is -2.63. The van der Waals surface area contributed by atoms with Crippen LogP contribution in [0.5, 0.6) is 0 Å². The summed E-state index contributed by atoms with van der Waals surface area (Å²) in [6, 6.07) is -0.0879. The first kappa shape index (κ1) is 26.6. The first-order valence-corrected chi connectivity index (χ1v) is 14.6. The van der Waals surface area contributed by atoms with Crippen molar-refractivity contribution >= 4 is 0 Å². The molecular formula is C30H54N2O2. The number of rotatable bonds is 9. The fourth-order valence-corrected chi connectivity index (χ4v) is 9.19. The van der Waals surface area contributed by atoms with Crippen molar-refractivity contribution in [2.75, 3.05) is 13.1 Å². The smallest absolute Gasteiger partial charge is 0.0919 e. The molecule has 0 heterocycles. The predicted octanol–water partition coefficient (Wildman–Crippen LogP) is 5.42. The highest BCUT2D eigenvalue weighted by Gasteiger charge is 2.64. The van der Waals surface area contributed by atoms with Crippen molar-refractivity contribution < 1.29 is 10.2 Å². The van der Waals surface area contributed by atoms with E-state index < -0.39 is 11.7 Å². The zero-order valence-corrected chi connectivity index (χ0v) is 22.8. The number of allylic oxidation sites excluding steroid dienone is 1.